The number of carbonyl (C=O) groups excluding carboxylic acids is 2. The van der Waals surface area contributed by atoms with E-state index in [-0.39, 0.29) is 30.9 Å². The van der Waals surface area contributed by atoms with Crippen LogP contribution in [0, 0.1) is 25.7 Å². The molecule has 0 bridgehead atoms. The van der Waals surface area contributed by atoms with Gasteiger partial charge in [0, 0.05) is 23.0 Å². The number of esters is 1. The van der Waals surface area contributed by atoms with Crippen LogP contribution in [0.2, 0.25) is 0 Å². The molecule has 0 unspecified atom stereocenters. The average molecular weight is 405 g/mol. The van der Waals surface area contributed by atoms with Crippen LogP contribution in [0.4, 0.5) is 0 Å². The third-order valence-electron chi connectivity index (χ3n) is 5.04. The maximum absolute atomic E-state index is 12.3. The monoisotopic (exact) mass is 404 g/mol. The summed E-state index contributed by atoms with van der Waals surface area (Å²) < 4.78 is 4.85. The molecular weight excluding hydrogens is 372 g/mol. The van der Waals surface area contributed by atoms with Crippen LogP contribution in [-0.4, -0.2) is 35.8 Å². The number of aliphatic hydroxyl groups is 1. The molecule has 0 amide bonds. The molecule has 0 aliphatic heterocycles. The fourth-order valence-corrected chi connectivity index (χ4v) is 4.95. The summed E-state index contributed by atoms with van der Waals surface area (Å²) in [6, 6.07) is 6.54. The van der Waals surface area contributed by atoms with Crippen LogP contribution in [-0.2, 0) is 14.3 Å². The molecule has 0 radical (unpaired) electrons. The number of aliphatic hydroxyl groups excluding tert-OH is 1. The number of aryl methyl sites for hydroxylation is 2. The molecule has 1 aliphatic rings. The van der Waals surface area contributed by atoms with E-state index >= 15 is 0 Å². The third-order valence-corrected chi connectivity index (χ3v) is 6.13. The maximum atomic E-state index is 12.3. The molecule has 154 valence electrons. The molecule has 0 saturated carbocycles. The second-order valence-electron chi connectivity index (χ2n) is 7.56. The Hall–Kier alpha value is -1.59. The standard InChI is InChI=1S/C23H32O4S/c1-17-13-18(2)15-20(14-17)28-16-21-19(9-10-22(21)25)7-5-3-4-6-8-23(26)27-12-11-24/h9-10,13-15,19,21,24H,3-8,11-12,16H2,1-2H3/t19-,21+/m0/s1. The summed E-state index contributed by atoms with van der Waals surface area (Å²) in [5.41, 5.74) is 2.52. The highest BCUT2D eigenvalue weighted by Crippen LogP contribution is 2.33. The smallest absolute Gasteiger partial charge is 0.305 e. The van der Waals surface area contributed by atoms with E-state index in [2.05, 4.69) is 38.1 Å². The van der Waals surface area contributed by atoms with Crippen LogP contribution in [0.1, 0.15) is 49.7 Å². The van der Waals surface area contributed by atoms with Gasteiger partial charge in [-0.3, -0.25) is 9.59 Å². The van der Waals surface area contributed by atoms with E-state index in [1.54, 1.807) is 17.8 Å². The summed E-state index contributed by atoms with van der Waals surface area (Å²) in [4.78, 5) is 24.9. The van der Waals surface area contributed by atoms with E-state index in [4.69, 9.17) is 9.84 Å². The zero-order chi connectivity index (χ0) is 20.4. The number of hydrogen-bond acceptors (Lipinski definition) is 5. The molecule has 0 saturated heterocycles. The Labute approximate surface area is 172 Å². The van der Waals surface area contributed by atoms with E-state index < -0.39 is 0 Å². The van der Waals surface area contributed by atoms with Gasteiger partial charge in [0.05, 0.1) is 6.61 Å². The first-order valence-corrected chi connectivity index (χ1v) is 11.2. The van der Waals surface area contributed by atoms with E-state index in [1.165, 1.54) is 16.0 Å². The van der Waals surface area contributed by atoms with Crippen molar-refractivity contribution in [1.82, 2.24) is 0 Å². The van der Waals surface area contributed by atoms with Crippen LogP contribution >= 0.6 is 11.8 Å². The molecule has 0 aromatic heterocycles. The highest BCUT2D eigenvalue weighted by atomic mass is 32.2. The predicted molar refractivity (Wildman–Crippen MR) is 114 cm³/mol. The van der Waals surface area contributed by atoms with Crippen molar-refractivity contribution in [3.05, 3.63) is 41.5 Å². The lowest BCUT2D eigenvalue weighted by Gasteiger charge is -2.18. The van der Waals surface area contributed by atoms with Crippen molar-refractivity contribution < 1.29 is 19.4 Å². The summed E-state index contributed by atoms with van der Waals surface area (Å²) in [6.07, 6.45) is 9.21. The molecule has 1 aromatic rings. The fraction of sp³-hybridized carbons (Fsp3) is 0.565. The molecule has 4 nitrogen and oxygen atoms in total. The minimum atomic E-state index is -0.234. The van der Waals surface area contributed by atoms with Crippen molar-refractivity contribution in [2.24, 2.45) is 11.8 Å². The summed E-state index contributed by atoms with van der Waals surface area (Å²) in [5, 5.41) is 8.62. The molecule has 1 N–H and O–H groups in total. The van der Waals surface area contributed by atoms with Crippen molar-refractivity contribution in [3.8, 4) is 0 Å². The Morgan fingerprint density at radius 1 is 1.11 bits per heavy atom. The molecule has 2 rings (SSSR count). The van der Waals surface area contributed by atoms with Crippen LogP contribution < -0.4 is 0 Å². The topological polar surface area (TPSA) is 63.6 Å². The maximum Gasteiger partial charge on any atom is 0.305 e. The summed E-state index contributed by atoms with van der Waals surface area (Å²) in [6.45, 7) is 4.17. The minimum Gasteiger partial charge on any atom is -0.463 e. The lowest BCUT2D eigenvalue weighted by Crippen LogP contribution is -2.18. The summed E-state index contributed by atoms with van der Waals surface area (Å²) in [5.74, 6) is 1.27. The Kier molecular flexibility index (Phi) is 9.79. The van der Waals surface area contributed by atoms with Gasteiger partial charge in [-0.05, 0) is 61.9 Å². The number of unbranched alkanes of at least 4 members (excludes halogenated alkanes) is 3. The number of rotatable bonds is 12. The van der Waals surface area contributed by atoms with Gasteiger partial charge in [0.1, 0.15) is 6.61 Å². The molecule has 2 atom stereocenters. The highest BCUT2D eigenvalue weighted by Gasteiger charge is 2.29. The molecule has 0 fully saturated rings. The van der Waals surface area contributed by atoms with Crippen LogP contribution in [0.3, 0.4) is 0 Å². The summed E-state index contributed by atoms with van der Waals surface area (Å²) >= 11 is 1.78. The first-order chi connectivity index (χ1) is 13.5. The van der Waals surface area contributed by atoms with Crippen molar-refractivity contribution in [3.63, 3.8) is 0 Å². The predicted octanol–water partition coefficient (Wildman–Crippen LogP) is 4.64. The Bertz CT molecular complexity index is 663. The van der Waals surface area contributed by atoms with Crippen LogP contribution in [0.5, 0.6) is 0 Å². The largest absolute Gasteiger partial charge is 0.463 e. The van der Waals surface area contributed by atoms with Crippen molar-refractivity contribution >= 4 is 23.5 Å². The highest BCUT2D eigenvalue weighted by molar-refractivity contribution is 7.99. The van der Waals surface area contributed by atoms with E-state index in [0.717, 1.165) is 37.9 Å². The van der Waals surface area contributed by atoms with Gasteiger partial charge in [0.15, 0.2) is 5.78 Å². The first-order valence-electron chi connectivity index (χ1n) is 10.2. The van der Waals surface area contributed by atoms with E-state index in [0.29, 0.717) is 12.3 Å². The Balaban J connectivity index is 1.67. The van der Waals surface area contributed by atoms with Gasteiger partial charge in [-0.25, -0.2) is 0 Å². The number of benzene rings is 1. The normalized spacial score (nSPS) is 18.6. The van der Waals surface area contributed by atoms with Gasteiger partial charge >= 0.3 is 5.97 Å². The van der Waals surface area contributed by atoms with Crippen LogP contribution in [0.25, 0.3) is 0 Å². The zero-order valence-electron chi connectivity index (χ0n) is 17.0. The number of allylic oxidation sites excluding steroid dienone is 2. The van der Waals surface area contributed by atoms with Gasteiger partial charge in [-0.1, -0.05) is 31.4 Å². The SMILES string of the molecule is Cc1cc(C)cc(SC[C@H]2C(=O)C=C[C@@H]2CCCCCCC(=O)OCCO)c1. The molecule has 1 aliphatic carbocycles. The van der Waals surface area contributed by atoms with Gasteiger partial charge in [-0.2, -0.15) is 0 Å². The van der Waals surface area contributed by atoms with Gasteiger partial charge in [0.25, 0.3) is 0 Å². The molecule has 0 heterocycles. The number of ether oxygens (including phenoxy) is 1. The van der Waals surface area contributed by atoms with Gasteiger partial charge < -0.3 is 9.84 Å². The minimum absolute atomic E-state index is 0.0827. The number of ketones is 1. The zero-order valence-corrected chi connectivity index (χ0v) is 17.8. The molecule has 5 heteroatoms. The number of thioether (sulfide) groups is 1. The molecule has 0 spiro atoms. The van der Waals surface area contributed by atoms with Crippen molar-refractivity contribution in [2.75, 3.05) is 19.0 Å². The Morgan fingerprint density at radius 3 is 2.54 bits per heavy atom. The lowest BCUT2D eigenvalue weighted by molar-refractivity contribution is -0.144. The van der Waals surface area contributed by atoms with Crippen molar-refractivity contribution in [2.45, 2.75) is 57.3 Å². The van der Waals surface area contributed by atoms with Crippen molar-refractivity contribution in [1.29, 1.82) is 0 Å². The second kappa shape index (κ2) is 12.1. The summed E-state index contributed by atoms with van der Waals surface area (Å²) in [7, 11) is 0. The third kappa shape index (κ3) is 7.80. The van der Waals surface area contributed by atoms with Gasteiger partial charge in [0.2, 0.25) is 0 Å². The second-order valence-corrected chi connectivity index (χ2v) is 8.66. The Morgan fingerprint density at radius 2 is 1.82 bits per heavy atom. The van der Waals surface area contributed by atoms with Gasteiger partial charge in [-0.15, -0.1) is 11.8 Å². The quantitative estimate of drug-likeness (QED) is 0.312. The van der Waals surface area contributed by atoms with E-state index in [9.17, 15) is 9.59 Å². The number of hydrogen-bond donors (Lipinski definition) is 1. The fourth-order valence-electron chi connectivity index (χ4n) is 3.63. The van der Waals surface area contributed by atoms with Crippen LogP contribution in [0.15, 0.2) is 35.2 Å². The first kappa shape index (κ1) is 22.7. The average Bonchev–Trinajstić information content (AvgIpc) is 3.00. The number of carbonyl (C=O) groups is 2. The van der Waals surface area contributed by atoms with E-state index in [1.807, 2.05) is 0 Å². The molecular formula is C23H32O4S. The molecule has 1 aromatic carbocycles. The lowest BCUT2D eigenvalue weighted by atomic mass is 9.91. The molecule has 28 heavy (non-hydrogen) atoms.